The normalized spacial score (nSPS) is 17.2. The van der Waals surface area contributed by atoms with E-state index in [9.17, 15) is 19.2 Å². The molecule has 3 saturated heterocycles. The number of rotatable bonds is 10. The number of nitrogens with one attached hydrogen (secondary N) is 3. The van der Waals surface area contributed by atoms with Crippen LogP contribution in [0.1, 0.15) is 80.6 Å². The van der Waals surface area contributed by atoms with Crippen molar-refractivity contribution in [1.29, 1.82) is 0 Å². The third kappa shape index (κ3) is 9.12. The topological polar surface area (TPSA) is 178 Å². The van der Waals surface area contributed by atoms with Crippen LogP contribution in [0.4, 0.5) is 22.0 Å². The van der Waals surface area contributed by atoms with Crippen LogP contribution in [0.15, 0.2) is 82.4 Å². The lowest BCUT2D eigenvalue weighted by Crippen LogP contribution is -2.49. The number of carbonyl (C=O) groups excluding carboxylic acids is 3. The van der Waals surface area contributed by atoms with E-state index in [2.05, 4.69) is 70.8 Å². The summed E-state index contributed by atoms with van der Waals surface area (Å²) in [6.45, 7) is 17.1. The molecule has 16 nitrogen and oxygen atoms in total. The number of amides is 4. The molecule has 0 spiro atoms. The molecule has 9 rings (SSSR count). The molecule has 338 valence electrons. The number of carbonyl (C=O) groups is 3. The average Bonchev–Trinajstić information content (AvgIpc) is 3.99. The number of pyridine rings is 2. The van der Waals surface area contributed by atoms with Crippen molar-refractivity contribution in [2.24, 2.45) is 13.0 Å². The summed E-state index contributed by atoms with van der Waals surface area (Å²) in [6.07, 6.45) is 6.35. The molecule has 4 aromatic heterocycles. The van der Waals surface area contributed by atoms with Crippen molar-refractivity contribution < 1.29 is 18.9 Å². The second-order valence-corrected chi connectivity index (χ2v) is 18.8. The molecule has 3 fully saturated rings. The number of anilines is 3. The Labute approximate surface area is 378 Å². The van der Waals surface area contributed by atoms with Crippen molar-refractivity contribution in [3.8, 4) is 22.4 Å². The summed E-state index contributed by atoms with van der Waals surface area (Å²) in [5.41, 5.74) is 7.58. The molecule has 2 aromatic carbocycles. The second-order valence-electron chi connectivity index (χ2n) is 18.8. The third-order valence-electron chi connectivity index (χ3n) is 13.1. The van der Waals surface area contributed by atoms with Crippen LogP contribution in [0, 0.1) is 12.8 Å². The quantitative estimate of drug-likeness (QED) is 0.136. The minimum absolute atomic E-state index is 0.0645. The predicted molar refractivity (Wildman–Crippen MR) is 251 cm³/mol. The van der Waals surface area contributed by atoms with E-state index in [1.807, 2.05) is 77.3 Å². The molecule has 6 aromatic rings. The average molecular weight is 880 g/mol. The van der Waals surface area contributed by atoms with Gasteiger partial charge in [0.05, 0.1) is 6.04 Å². The predicted octanol–water partition coefficient (Wildman–Crippen LogP) is 6.56. The number of hydrogen-bond donors (Lipinski definition) is 3. The number of aromatic amines is 1. The van der Waals surface area contributed by atoms with Crippen LogP contribution in [0.25, 0.3) is 33.3 Å². The highest BCUT2D eigenvalue weighted by molar-refractivity contribution is 6.05. The van der Waals surface area contributed by atoms with Crippen LogP contribution in [0.5, 0.6) is 0 Å². The summed E-state index contributed by atoms with van der Waals surface area (Å²) in [7, 11) is 1.76. The van der Waals surface area contributed by atoms with Gasteiger partial charge in [-0.2, -0.15) is 4.98 Å². The summed E-state index contributed by atoms with van der Waals surface area (Å²) in [6, 6.07) is 19.7. The lowest BCUT2D eigenvalue weighted by Gasteiger charge is -2.39. The zero-order chi connectivity index (χ0) is 45.6. The third-order valence-corrected chi connectivity index (χ3v) is 13.1. The van der Waals surface area contributed by atoms with Gasteiger partial charge < -0.3 is 29.2 Å². The summed E-state index contributed by atoms with van der Waals surface area (Å²) >= 11 is 0. The lowest BCUT2D eigenvalue weighted by molar-refractivity contribution is -0.120. The molecule has 65 heavy (non-hydrogen) atoms. The van der Waals surface area contributed by atoms with E-state index in [1.165, 1.54) is 0 Å². The maximum Gasteiger partial charge on any atom is 0.328 e. The Kier molecular flexibility index (Phi) is 11.8. The Bertz CT molecular complexity index is 2790. The van der Waals surface area contributed by atoms with Crippen LogP contribution < -0.4 is 30.9 Å². The van der Waals surface area contributed by atoms with E-state index in [4.69, 9.17) is 9.51 Å². The number of benzene rings is 2. The van der Waals surface area contributed by atoms with E-state index in [-0.39, 0.29) is 34.8 Å². The first-order valence-electron chi connectivity index (χ1n) is 22.6. The Balaban J connectivity index is 0.794. The molecule has 16 heteroatoms. The Morgan fingerprint density at radius 1 is 0.892 bits per heavy atom. The first kappa shape index (κ1) is 43.4. The van der Waals surface area contributed by atoms with E-state index >= 15 is 0 Å². The van der Waals surface area contributed by atoms with Crippen molar-refractivity contribution in [3.05, 3.63) is 106 Å². The smallest absolute Gasteiger partial charge is 0.328 e. The number of aromatic nitrogens is 5. The van der Waals surface area contributed by atoms with Crippen molar-refractivity contribution in [2.75, 3.05) is 67.1 Å². The number of imide groups is 1. The number of urea groups is 1. The van der Waals surface area contributed by atoms with Crippen molar-refractivity contribution in [3.63, 3.8) is 0 Å². The second kappa shape index (κ2) is 17.6. The molecule has 0 radical (unpaired) electrons. The molecule has 1 atom stereocenters. The molecular weight excluding hydrogens is 823 g/mol. The zero-order valence-electron chi connectivity index (χ0n) is 38.0. The number of nitrogens with zero attached hydrogens (tertiary/aromatic N) is 8. The van der Waals surface area contributed by atoms with Gasteiger partial charge in [-0.1, -0.05) is 44.1 Å². The monoisotopic (exact) mass is 879 g/mol. The van der Waals surface area contributed by atoms with E-state index in [0.717, 1.165) is 115 Å². The molecule has 0 aliphatic carbocycles. The van der Waals surface area contributed by atoms with Gasteiger partial charge in [0.1, 0.15) is 11.3 Å². The fraction of sp³-hybridized carbons (Fsp3) is 0.408. The Hall–Kier alpha value is -6.81. The number of piperidine rings is 1. The standard InChI is InChI=1S/C49H57N11O5/c1-30-25-33(7-13-37(30)31(2)51-44(62)45-54-47(55-65-45)49(3,4)5)39-29-56(6)46(63)43-38(39)26-40(52-43)34-8-14-41(50-27-34)59-23-21-57(22-24-59)28-32-15-18-58(19-16-32)35-9-11-36(12-10-35)60-20-17-42(61)53-48(60)64/h7-14,25-27,29,31-32,52H,15-24,28H2,1-6H3,(H,51,62)(H,53,61,64)/t31-/m1/s1. The van der Waals surface area contributed by atoms with Crippen LogP contribution in [-0.4, -0.2) is 99.8 Å². The summed E-state index contributed by atoms with van der Waals surface area (Å²) in [4.78, 5) is 71.8. The molecule has 0 saturated carbocycles. The van der Waals surface area contributed by atoms with Crippen LogP contribution >= 0.6 is 0 Å². The Morgan fingerprint density at radius 3 is 2.28 bits per heavy atom. The van der Waals surface area contributed by atoms with Crippen molar-refractivity contribution >= 4 is 45.9 Å². The lowest BCUT2D eigenvalue weighted by atomic mass is 9.95. The maximum atomic E-state index is 13.4. The molecule has 0 bridgehead atoms. The summed E-state index contributed by atoms with van der Waals surface area (Å²) in [5.74, 6) is 1.35. The highest BCUT2D eigenvalue weighted by Gasteiger charge is 2.28. The van der Waals surface area contributed by atoms with Crippen molar-refractivity contribution in [1.82, 2.24) is 40.2 Å². The molecule has 7 heterocycles. The number of fused-ring (bicyclic) bond motifs is 1. The number of aryl methyl sites for hydroxylation is 2. The Morgan fingerprint density at radius 2 is 1.62 bits per heavy atom. The largest absolute Gasteiger partial charge is 0.372 e. The first-order chi connectivity index (χ1) is 31.2. The molecule has 3 aliphatic heterocycles. The zero-order valence-corrected chi connectivity index (χ0v) is 38.0. The SMILES string of the molecule is Cc1cc(-c2cn(C)c(=O)c3[nH]c(-c4ccc(N5CCN(CC6CCN(c7ccc(N8CCC(=O)NC8=O)cc7)CC6)CC5)nc4)cc23)ccc1[C@@H](C)NC(=O)c1nc(C(C)(C)C)no1. The van der Waals surface area contributed by atoms with Gasteiger partial charge in [0, 0.05) is 117 Å². The number of piperazine rings is 1. The molecule has 4 amide bonds. The van der Waals surface area contributed by atoms with Crippen LogP contribution in [0.3, 0.4) is 0 Å². The van der Waals surface area contributed by atoms with Gasteiger partial charge in [0.2, 0.25) is 5.91 Å². The van der Waals surface area contributed by atoms with Crippen LogP contribution in [0.2, 0.25) is 0 Å². The summed E-state index contributed by atoms with van der Waals surface area (Å²) < 4.78 is 6.86. The fourth-order valence-electron chi connectivity index (χ4n) is 9.29. The highest BCUT2D eigenvalue weighted by atomic mass is 16.5. The molecule has 3 aliphatic rings. The highest BCUT2D eigenvalue weighted by Crippen LogP contribution is 2.34. The van der Waals surface area contributed by atoms with Gasteiger partial charge in [-0.25, -0.2) is 9.78 Å². The number of hydrogen-bond acceptors (Lipinski definition) is 11. The number of H-pyrrole nitrogens is 1. The van der Waals surface area contributed by atoms with E-state index in [0.29, 0.717) is 30.2 Å². The minimum Gasteiger partial charge on any atom is -0.372 e. The minimum atomic E-state index is -0.427. The first-order valence-corrected chi connectivity index (χ1v) is 22.6. The van der Waals surface area contributed by atoms with Crippen LogP contribution in [-0.2, 0) is 17.3 Å². The van der Waals surface area contributed by atoms with Gasteiger partial charge in [-0.05, 0) is 91.8 Å². The molecule has 0 unspecified atom stereocenters. The van der Waals surface area contributed by atoms with E-state index in [1.54, 1.807) is 16.5 Å². The van der Waals surface area contributed by atoms with Gasteiger partial charge in [0.25, 0.3) is 5.56 Å². The van der Waals surface area contributed by atoms with Gasteiger partial charge >= 0.3 is 17.8 Å². The summed E-state index contributed by atoms with van der Waals surface area (Å²) in [5, 5.41) is 10.2. The van der Waals surface area contributed by atoms with Gasteiger partial charge in [0.15, 0.2) is 5.82 Å². The fourth-order valence-corrected chi connectivity index (χ4v) is 9.29. The maximum absolute atomic E-state index is 13.4. The molecular formula is C49H57N11O5. The molecule has 3 N–H and O–H groups in total. The van der Waals surface area contributed by atoms with Gasteiger partial charge in [-0.3, -0.25) is 29.5 Å². The van der Waals surface area contributed by atoms with Gasteiger partial charge in [-0.15, -0.1) is 0 Å². The van der Waals surface area contributed by atoms with Crippen molar-refractivity contribution in [2.45, 2.75) is 65.3 Å². The van der Waals surface area contributed by atoms with E-state index < -0.39 is 5.91 Å².